The molecular formula is C13H21N3O. The van der Waals surface area contributed by atoms with Crippen LogP contribution in [0.1, 0.15) is 16.8 Å². The minimum Gasteiger partial charge on any atom is -0.387 e. The molecule has 4 nitrogen and oxygen atoms in total. The SMILES string of the molecule is CNCCCN(C)C(=O)c1ccccc1NC. The molecule has 0 fully saturated rings. The van der Waals surface area contributed by atoms with Gasteiger partial charge in [-0.3, -0.25) is 4.79 Å². The number of amides is 1. The van der Waals surface area contributed by atoms with E-state index in [1.807, 2.05) is 45.4 Å². The quantitative estimate of drug-likeness (QED) is 0.733. The van der Waals surface area contributed by atoms with E-state index >= 15 is 0 Å². The summed E-state index contributed by atoms with van der Waals surface area (Å²) in [6.07, 6.45) is 0.959. The predicted octanol–water partition coefficient (Wildman–Crippen LogP) is 1.41. The maximum absolute atomic E-state index is 12.2. The second-order valence-corrected chi connectivity index (χ2v) is 3.98. The Labute approximate surface area is 103 Å². The standard InChI is InChI=1S/C13H21N3O/c1-14-9-6-10-16(3)13(17)11-7-4-5-8-12(11)15-2/h4-5,7-8,14-15H,6,9-10H2,1-3H3. The van der Waals surface area contributed by atoms with Gasteiger partial charge < -0.3 is 15.5 Å². The van der Waals surface area contributed by atoms with E-state index in [4.69, 9.17) is 0 Å². The zero-order valence-corrected chi connectivity index (χ0v) is 10.8. The predicted molar refractivity (Wildman–Crippen MR) is 71.5 cm³/mol. The van der Waals surface area contributed by atoms with E-state index in [2.05, 4.69) is 10.6 Å². The molecule has 0 saturated heterocycles. The first-order valence-electron chi connectivity index (χ1n) is 5.87. The fourth-order valence-electron chi connectivity index (χ4n) is 1.69. The highest BCUT2D eigenvalue weighted by Gasteiger charge is 2.14. The number of carbonyl (C=O) groups excluding carboxylic acids is 1. The second-order valence-electron chi connectivity index (χ2n) is 3.98. The summed E-state index contributed by atoms with van der Waals surface area (Å²) in [5.41, 5.74) is 1.60. The fourth-order valence-corrected chi connectivity index (χ4v) is 1.69. The summed E-state index contributed by atoms with van der Waals surface area (Å²) >= 11 is 0. The Bertz CT molecular complexity index is 365. The summed E-state index contributed by atoms with van der Waals surface area (Å²) in [4.78, 5) is 13.9. The Morgan fingerprint density at radius 3 is 2.65 bits per heavy atom. The van der Waals surface area contributed by atoms with Crippen molar-refractivity contribution in [3.05, 3.63) is 29.8 Å². The minimum absolute atomic E-state index is 0.0612. The van der Waals surface area contributed by atoms with Crippen molar-refractivity contribution < 1.29 is 4.79 Å². The Morgan fingerprint density at radius 1 is 1.29 bits per heavy atom. The van der Waals surface area contributed by atoms with E-state index in [1.54, 1.807) is 4.90 Å². The number of nitrogens with one attached hydrogen (secondary N) is 2. The summed E-state index contributed by atoms with van der Waals surface area (Å²) < 4.78 is 0. The van der Waals surface area contributed by atoms with Gasteiger partial charge in [0.05, 0.1) is 5.56 Å². The first kappa shape index (κ1) is 13.5. The lowest BCUT2D eigenvalue weighted by Gasteiger charge is -2.18. The van der Waals surface area contributed by atoms with Crippen molar-refractivity contribution in [2.75, 3.05) is 39.5 Å². The van der Waals surface area contributed by atoms with Crippen molar-refractivity contribution in [1.82, 2.24) is 10.2 Å². The van der Waals surface area contributed by atoms with Crippen molar-refractivity contribution in [2.45, 2.75) is 6.42 Å². The minimum atomic E-state index is 0.0612. The van der Waals surface area contributed by atoms with Crippen LogP contribution in [0.4, 0.5) is 5.69 Å². The van der Waals surface area contributed by atoms with E-state index < -0.39 is 0 Å². The average molecular weight is 235 g/mol. The van der Waals surface area contributed by atoms with Crippen molar-refractivity contribution in [2.24, 2.45) is 0 Å². The highest BCUT2D eigenvalue weighted by molar-refractivity contribution is 5.99. The molecule has 0 radical (unpaired) electrons. The third-order valence-corrected chi connectivity index (χ3v) is 2.69. The molecule has 1 aromatic carbocycles. The number of nitrogens with zero attached hydrogens (tertiary/aromatic N) is 1. The van der Waals surface area contributed by atoms with E-state index in [1.165, 1.54) is 0 Å². The van der Waals surface area contributed by atoms with Gasteiger partial charge in [-0.1, -0.05) is 12.1 Å². The van der Waals surface area contributed by atoms with Crippen LogP contribution in [0.3, 0.4) is 0 Å². The highest BCUT2D eigenvalue weighted by atomic mass is 16.2. The molecule has 0 saturated carbocycles. The number of hydrogen-bond donors (Lipinski definition) is 2. The molecule has 1 amide bonds. The second kappa shape index (κ2) is 6.91. The maximum Gasteiger partial charge on any atom is 0.255 e. The molecule has 0 aromatic heterocycles. The molecule has 4 heteroatoms. The van der Waals surface area contributed by atoms with Gasteiger partial charge in [0.1, 0.15) is 0 Å². The van der Waals surface area contributed by atoms with Crippen LogP contribution in [-0.4, -0.2) is 45.0 Å². The molecule has 0 unspecified atom stereocenters. The Morgan fingerprint density at radius 2 is 2.00 bits per heavy atom. The van der Waals surface area contributed by atoms with E-state index in [9.17, 15) is 4.79 Å². The summed E-state index contributed by atoms with van der Waals surface area (Å²) in [5.74, 6) is 0.0612. The number of anilines is 1. The molecule has 1 rings (SSSR count). The Balaban J connectivity index is 2.67. The lowest BCUT2D eigenvalue weighted by atomic mass is 10.1. The van der Waals surface area contributed by atoms with Gasteiger partial charge in [-0.25, -0.2) is 0 Å². The third-order valence-electron chi connectivity index (χ3n) is 2.69. The molecule has 0 aliphatic rings. The lowest BCUT2D eigenvalue weighted by Crippen LogP contribution is -2.29. The summed E-state index contributed by atoms with van der Waals surface area (Å²) in [6.45, 7) is 1.68. The van der Waals surface area contributed by atoms with Crippen LogP contribution in [0, 0.1) is 0 Å². The number of carbonyl (C=O) groups is 1. The molecule has 0 aliphatic carbocycles. The zero-order chi connectivity index (χ0) is 12.7. The summed E-state index contributed by atoms with van der Waals surface area (Å²) in [5, 5.41) is 6.11. The molecule has 0 bridgehead atoms. The van der Waals surface area contributed by atoms with Gasteiger partial charge in [0.25, 0.3) is 5.91 Å². The normalized spacial score (nSPS) is 10.1. The fraction of sp³-hybridized carbons (Fsp3) is 0.462. The molecule has 0 spiro atoms. The van der Waals surface area contributed by atoms with Gasteiger partial charge in [-0.15, -0.1) is 0 Å². The summed E-state index contributed by atoms with van der Waals surface area (Å²) in [6, 6.07) is 7.57. The van der Waals surface area contributed by atoms with Crippen LogP contribution < -0.4 is 10.6 Å². The largest absolute Gasteiger partial charge is 0.387 e. The van der Waals surface area contributed by atoms with E-state index in [0.717, 1.165) is 30.8 Å². The highest BCUT2D eigenvalue weighted by Crippen LogP contribution is 2.15. The van der Waals surface area contributed by atoms with Crippen LogP contribution >= 0.6 is 0 Å². The topological polar surface area (TPSA) is 44.4 Å². The van der Waals surface area contributed by atoms with Crippen LogP contribution in [0.15, 0.2) is 24.3 Å². The van der Waals surface area contributed by atoms with Gasteiger partial charge in [-0.2, -0.15) is 0 Å². The molecule has 94 valence electrons. The lowest BCUT2D eigenvalue weighted by molar-refractivity contribution is 0.0794. The first-order valence-corrected chi connectivity index (χ1v) is 5.87. The smallest absolute Gasteiger partial charge is 0.255 e. The molecular weight excluding hydrogens is 214 g/mol. The van der Waals surface area contributed by atoms with Gasteiger partial charge in [0.2, 0.25) is 0 Å². The molecule has 17 heavy (non-hydrogen) atoms. The van der Waals surface area contributed by atoms with Crippen molar-refractivity contribution >= 4 is 11.6 Å². The molecule has 1 aromatic rings. The Kier molecular flexibility index (Phi) is 5.49. The summed E-state index contributed by atoms with van der Waals surface area (Å²) in [7, 11) is 5.58. The number of benzene rings is 1. The van der Waals surface area contributed by atoms with Crippen molar-refractivity contribution in [1.29, 1.82) is 0 Å². The van der Waals surface area contributed by atoms with Gasteiger partial charge >= 0.3 is 0 Å². The maximum atomic E-state index is 12.2. The van der Waals surface area contributed by atoms with Crippen LogP contribution in [-0.2, 0) is 0 Å². The van der Waals surface area contributed by atoms with E-state index in [0.29, 0.717) is 0 Å². The third kappa shape index (κ3) is 3.75. The van der Waals surface area contributed by atoms with Crippen molar-refractivity contribution in [3.63, 3.8) is 0 Å². The number of hydrogen-bond acceptors (Lipinski definition) is 3. The Hall–Kier alpha value is -1.55. The average Bonchev–Trinajstić information content (AvgIpc) is 2.38. The van der Waals surface area contributed by atoms with Crippen molar-refractivity contribution in [3.8, 4) is 0 Å². The van der Waals surface area contributed by atoms with Crippen LogP contribution in [0.5, 0.6) is 0 Å². The van der Waals surface area contributed by atoms with Gasteiger partial charge in [0.15, 0.2) is 0 Å². The van der Waals surface area contributed by atoms with Crippen LogP contribution in [0.2, 0.25) is 0 Å². The molecule has 0 aliphatic heterocycles. The number of rotatable bonds is 6. The molecule has 2 N–H and O–H groups in total. The first-order chi connectivity index (χ1) is 8.20. The van der Waals surface area contributed by atoms with E-state index in [-0.39, 0.29) is 5.91 Å². The molecule has 0 heterocycles. The van der Waals surface area contributed by atoms with Gasteiger partial charge in [0, 0.05) is 26.3 Å². The number of para-hydroxylation sites is 1. The van der Waals surface area contributed by atoms with Crippen LogP contribution in [0.25, 0.3) is 0 Å². The van der Waals surface area contributed by atoms with Gasteiger partial charge in [-0.05, 0) is 32.1 Å². The molecule has 0 atom stereocenters. The zero-order valence-electron chi connectivity index (χ0n) is 10.8. The monoisotopic (exact) mass is 235 g/mol.